The second kappa shape index (κ2) is 6.88. The van der Waals surface area contributed by atoms with Crippen molar-refractivity contribution < 1.29 is 4.79 Å². The second-order valence-corrected chi connectivity index (χ2v) is 7.69. The normalized spacial score (nSPS) is 14.0. The summed E-state index contributed by atoms with van der Waals surface area (Å²) in [6.07, 6.45) is 4.03. The molecule has 2 aromatic heterocycles. The first kappa shape index (κ1) is 16.3. The van der Waals surface area contributed by atoms with Gasteiger partial charge in [0.15, 0.2) is 11.0 Å². The third kappa shape index (κ3) is 3.67. The molecule has 1 N–H and O–H groups in total. The van der Waals surface area contributed by atoms with E-state index in [-0.39, 0.29) is 5.91 Å². The highest BCUT2D eigenvalue weighted by Crippen LogP contribution is 2.31. The van der Waals surface area contributed by atoms with Crippen molar-refractivity contribution in [3.05, 3.63) is 28.5 Å². The summed E-state index contributed by atoms with van der Waals surface area (Å²) in [4.78, 5) is 13.1. The molecule has 0 unspecified atom stereocenters. The van der Waals surface area contributed by atoms with E-state index in [1.54, 1.807) is 11.3 Å². The van der Waals surface area contributed by atoms with Gasteiger partial charge in [0.2, 0.25) is 5.91 Å². The Hall–Kier alpha value is -1.60. The Kier molecular flexibility index (Phi) is 4.87. The van der Waals surface area contributed by atoms with Crippen LogP contribution in [0.5, 0.6) is 0 Å². The van der Waals surface area contributed by atoms with Gasteiger partial charge in [-0.3, -0.25) is 9.36 Å². The molecule has 3 rings (SSSR count). The lowest BCUT2D eigenvalue weighted by molar-refractivity contribution is -0.118. The van der Waals surface area contributed by atoms with E-state index in [2.05, 4.69) is 41.3 Å². The predicted molar refractivity (Wildman–Crippen MR) is 94.9 cm³/mol. The van der Waals surface area contributed by atoms with Crippen LogP contribution in [0.1, 0.15) is 23.3 Å². The third-order valence-electron chi connectivity index (χ3n) is 3.83. The number of allylic oxidation sites excluding steroid dienone is 1. The molecule has 2 heterocycles. The summed E-state index contributed by atoms with van der Waals surface area (Å²) in [5, 5.41) is 14.5. The highest BCUT2D eigenvalue weighted by molar-refractivity contribution is 7.99. The summed E-state index contributed by atoms with van der Waals surface area (Å²) in [5.41, 5.74) is 2.34. The molecule has 1 aliphatic carbocycles. The van der Waals surface area contributed by atoms with E-state index in [9.17, 15) is 4.79 Å². The highest BCUT2D eigenvalue weighted by atomic mass is 32.2. The average Bonchev–Trinajstić information content (AvgIpc) is 3.17. The Bertz CT molecular complexity index is 731. The standard InChI is InChI=1S/C16H20N4OS2/c1-4-7-20-15(13-8-22-11(3)10(13)2)18-19-16(20)23-9-14(21)17-12-5-6-12/h4,8,12H,1,5-7,9H2,2-3H3,(H,17,21). The lowest BCUT2D eigenvalue weighted by Crippen LogP contribution is -2.27. The van der Waals surface area contributed by atoms with E-state index in [0.29, 0.717) is 18.3 Å². The topological polar surface area (TPSA) is 59.8 Å². The first-order valence-electron chi connectivity index (χ1n) is 7.61. The summed E-state index contributed by atoms with van der Waals surface area (Å²) in [6.45, 7) is 8.66. The van der Waals surface area contributed by atoms with E-state index < -0.39 is 0 Å². The van der Waals surface area contributed by atoms with Crippen LogP contribution in [-0.2, 0) is 11.3 Å². The fraction of sp³-hybridized carbons (Fsp3) is 0.438. The predicted octanol–water partition coefficient (Wildman–Crippen LogP) is 3.18. The number of nitrogens with zero attached hydrogens (tertiary/aromatic N) is 3. The number of thiophene rings is 1. The number of aryl methyl sites for hydroxylation is 1. The molecule has 1 amide bonds. The minimum absolute atomic E-state index is 0.0646. The number of thioether (sulfide) groups is 1. The molecule has 0 aromatic carbocycles. The fourth-order valence-corrected chi connectivity index (χ4v) is 3.87. The van der Waals surface area contributed by atoms with Gasteiger partial charge in [0, 0.05) is 28.4 Å². The van der Waals surface area contributed by atoms with E-state index in [1.807, 2.05) is 10.6 Å². The molecule has 0 bridgehead atoms. The van der Waals surface area contributed by atoms with Crippen LogP contribution in [0, 0.1) is 13.8 Å². The molecule has 0 radical (unpaired) electrons. The largest absolute Gasteiger partial charge is 0.353 e. The minimum atomic E-state index is 0.0646. The zero-order valence-electron chi connectivity index (χ0n) is 13.3. The summed E-state index contributed by atoms with van der Waals surface area (Å²) < 4.78 is 2.02. The zero-order valence-corrected chi connectivity index (χ0v) is 15.0. The molecule has 2 aromatic rings. The number of carbonyl (C=O) groups excluding carboxylic acids is 1. The van der Waals surface area contributed by atoms with Crippen LogP contribution in [0.4, 0.5) is 0 Å². The monoisotopic (exact) mass is 348 g/mol. The van der Waals surface area contributed by atoms with Crippen LogP contribution >= 0.6 is 23.1 Å². The van der Waals surface area contributed by atoms with Crippen molar-refractivity contribution in [2.24, 2.45) is 0 Å². The smallest absolute Gasteiger partial charge is 0.230 e. The number of aromatic nitrogens is 3. The van der Waals surface area contributed by atoms with Gasteiger partial charge in [-0.2, -0.15) is 0 Å². The Morgan fingerprint density at radius 1 is 1.52 bits per heavy atom. The van der Waals surface area contributed by atoms with Gasteiger partial charge in [-0.15, -0.1) is 28.1 Å². The number of rotatable bonds is 7. The molecule has 5 nitrogen and oxygen atoms in total. The zero-order chi connectivity index (χ0) is 16.4. The Labute approximate surface area is 144 Å². The third-order valence-corrected chi connectivity index (χ3v) is 5.81. The van der Waals surface area contributed by atoms with Crippen molar-refractivity contribution in [1.29, 1.82) is 0 Å². The number of hydrogen-bond acceptors (Lipinski definition) is 5. The lowest BCUT2D eigenvalue weighted by Gasteiger charge is -2.08. The molecular weight excluding hydrogens is 328 g/mol. The molecule has 0 aliphatic heterocycles. The van der Waals surface area contributed by atoms with Crippen LogP contribution in [-0.4, -0.2) is 32.5 Å². The molecule has 23 heavy (non-hydrogen) atoms. The van der Waals surface area contributed by atoms with Crippen LogP contribution in [0.3, 0.4) is 0 Å². The number of carbonyl (C=O) groups is 1. The van der Waals surface area contributed by atoms with Crippen molar-refractivity contribution in [3.63, 3.8) is 0 Å². The lowest BCUT2D eigenvalue weighted by atomic mass is 10.1. The first-order chi connectivity index (χ1) is 11.1. The van der Waals surface area contributed by atoms with Crippen molar-refractivity contribution in [2.75, 3.05) is 5.75 Å². The van der Waals surface area contributed by atoms with Gasteiger partial charge in [-0.05, 0) is 32.3 Å². The Morgan fingerprint density at radius 3 is 2.91 bits per heavy atom. The fourth-order valence-electron chi connectivity index (χ4n) is 2.25. The maximum Gasteiger partial charge on any atom is 0.230 e. The quantitative estimate of drug-likeness (QED) is 0.617. The van der Waals surface area contributed by atoms with Gasteiger partial charge in [0.1, 0.15) is 0 Å². The van der Waals surface area contributed by atoms with Crippen molar-refractivity contribution in [2.45, 2.75) is 44.4 Å². The molecular formula is C16H20N4OS2. The Morgan fingerprint density at radius 2 is 2.30 bits per heavy atom. The summed E-state index contributed by atoms with van der Waals surface area (Å²) in [5.74, 6) is 1.28. The molecule has 1 aliphatic rings. The maximum atomic E-state index is 11.9. The van der Waals surface area contributed by atoms with E-state index in [4.69, 9.17) is 0 Å². The van der Waals surface area contributed by atoms with E-state index in [1.165, 1.54) is 22.2 Å². The number of nitrogens with one attached hydrogen (secondary N) is 1. The molecule has 7 heteroatoms. The maximum absolute atomic E-state index is 11.9. The van der Waals surface area contributed by atoms with Gasteiger partial charge in [-0.25, -0.2) is 0 Å². The SMILES string of the molecule is C=CCn1c(SCC(=O)NC2CC2)nnc1-c1csc(C)c1C. The van der Waals surface area contributed by atoms with Crippen LogP contribution < -0.4 is 5.32 Å². The van der Waals surface area contributed by atoms with Crippen LogP contribution in [0.25, 0.3) is 11.4 Å². The van der Waals surface area contributed by atoms with E-state index in [0.717, 1.165) is 29.4 Å². The minimum Gasteiger partial charge on any atom is -0.353 e. The molecule has 1 saturated carbocycles. The molecule has 122 valence electrons. The summed E-state index contributed by atoms with van der Waals surface area (Å²) >= 11 is 3.14. The molecule has 0 saturated heterocycles. The first-order valence-corrected chi connectivity index (χ1v) is 9.48. The van der Waals surface area contributed by atoms with Crippen LogP contribution in [0.15, 0.2) is 23.2 Å². The highest BCUT2D eigenvalue weighted by Gasteiger charge is 2.24. The molecule has 0 atom stereocenters. The van der Waals surface area contributed by atoms with Gasteiger partial charge in [0.05, 0.1) is 5.75 Å². The molecule has 1 fully saturated rings. The number of amides is 1. The van der Waals surface area contributed by atoms with Gasteiger partial charge < -0.3 is 5.32 Å². The van der Waals surface area contributed by atoms with Gasteiger partial charge in [0.25, 0.3) is 0 Å². The van der Waals surface area contributed by atoms with E-state index >= 15 is 0 Å². The summed E-state index contributed by atoms with van der Waals surface area (Å²) in [7, 11) is 0. The van der Waals surface area contributed by atoms with Gasteiger partial charge in [-0.1, -0.05) is 17.8 Å². The van der Waals surface area contributed by atoms with Crippen molar-refractivity contribution >= 4 is 29.0 Å². The Balaban J connectivity index is 1.78. The van der Waals surface area contributed by atoms with Crippen molar-refractivity contribution in [3.8, 4) is 11.4 Å². The van der Waals surface area contributed by atoms with Gasteiger partial charge >= 0.3 is 0 Å². The van der Waals surface area contributed by atoms with Crippen LogP contribution in [0.2, 0.25) is 0 Å². The summed E-state index contributed by atoms with van der Waals surface area (Å²) in [6, 6.07) is 0.390. The number of hydrogen-bond donors (Lipinski definition) is 1. The van der Waals surface area contributed by atoms with Crippen molar-refractivity contribution in [1.82, 2.24) is 20.1 Å². The second-order valence-electron chi connectivity index (χ2n) is 5.67. The molecule has 0 spiro atoms. The average molecular weight is 348 g/mol.